The summed E-state index contributed by atoms with van der Waals surface area (Å²) in [5.74, 6) is 0.942. The van der Waals surface area contributed by atoms with E-state index in [1.54, 1.807) is 4.90 Å². The van der Waals surface area contributed by atoms with Gasteiger partial charge in [0.25, 0.3) is 0 Å². The maximum atomic E-state index is 12.6. The summed E-state index contributed by atoms with van der Waals surface area (Å²) in [5.41, 5.74) is 2.72. The fraction of sp³-hybridized carbons (Fsp3) is 0.636. The van der Waals surface area contributed by atoms with Crippen LogP contribution in [0.1, 0.15) is 30.4 Å². The molecule has 0 aromatic heterocycles. The van der Waals surface area contributed by atoms with Gasteiger partial charge in [-0.3, -0.25) is 9.69 Å². The fourth-order valence-electron chi connectivity index (χ4n) is 4.11. The van der Waals surface area contributed by atoms with Crippen LogP contribution in [0.4, 0.5) is 4.79 Å². The Hall–Kier alpha value is -2.08. The van der Waals surface area contributed by atoms with Crippen LogP contribution in [-0.2, 0) is 16.0 Å². The van der Waals surface area contributed by atoms with Crippen LogP contribution in [0.25, 0.3) is 0 Å². The van der Waals surface area contributed by atoms with Gasteiger partial charge in [0, 0.05) is 39.3 Å². The molecule has 0 atom stereocenters. The minimum atomic E-state index is -0.279. The largest absolute Gasteiger partial charge is 0.453 e. The first kappa shape index (κ1) is 20.6. The van der Waals surface area contributed by atoms with Crippen LogP contribution in [0, 0.1) is 12.8 Å². The lowest BCUT2D eigenvalue weighted by atomic mass is 9.90. The van der Waals surface area contributed by atoms with Crippen molar-refractivity contribution in [2.75, 3.05) is 52.9 Å². The number of hydrogen-bond donors (Lipinski definition) is 0. The second kappa shape index (κ2) is 9.92. The Balaban J connectivity index is 1.35. The lowest BCUT2D eigenvalue weighted by molar-refractivity contribution is -0.134. The summed E-state index contributed by atoms with van der Waals surface area (Å²) in [6, 6.07) is 8.82. The number of amides is 2. The maximum absolute atomic E-state index is 12.6. The van der Waals surface area contributed by atoms with Crippen LogP contribution in [0.2, 0.25) is 0 Å². The SMILES string of the molecule is COC(=O)N1CCN(CC(=O)N2CCC(CCc3ccc(C)cc3)CC2)CC1. The van der Waals surface area contributed by atoms with Gasteiger partial charge in [-0.2, -0.15) is 0 Å². The van der Waals surface area contributed by atoms with Crippen molar-refractivity contribution in [1.82, 2.24) is 14.7 Å². The average molecular weight is 388 g/mol. The number of ether oxygens (including phenoxy) is 1. The third-order valence-electron chi connectivity index (χ3n) is 6.09. The molecule has 0 radical (unpaired) electrons. The quantitative estimate of drug-likeness (QED) is 0.779. The van der Waals surface area contributed by atoms with E-state index in [2.05, 4.69) is 36.1 Å². The standard InChI is InChI=1S/C22H33N3O3/c1-18-3-5-19(6-4-18)7-8-20-9-11-24(12-10-20)21(26)17-23-13-15-25(16-14-23)22(27)28-2/h3-6,20H,7-17H2,1-2H3. The van der Waals surface area contributed by atoms with Crippen molar-refractivity contribution < 1.29 is 14.3 Å². The van der Waals surface area contributed by atoms with Gasteiger partial charge in [0.2, 0.25) is 5.91 Å². The van der Waals surface area contributed by atoms with Crippen molar-refractivity contribution in [1.29, 1.82) is 0 Å². The van der Waals surface area contributed by atoms with Crippen molar-refractivity contribution in [2.24, 2.45) is 5.92 Å². The summed E-state index contributed by atoms with van der Waals surface area (Å²) >= 11 is 0. The van der Waals surface area contributed by atoms with Crippen LogP contribution in [0.5, 0.6) is 0 Å². The molecule has 1 aromatic rings. The van der Waals surface area contributed by atoms with Gasteiger partial charge in [0.05, 0.1) is 13.7 Å². The van der Waals surface area contributed by atoms with Crippen molar-refractivity contribution in [3.05, 3.63) is 35.4 Å². The highest BCUT2D eigenvalue weighted by molar-refractivity contribution is 5.78. The summed E-state index contributed by atoms with van der Waals surface area (Å²) in [5, 5.41) is 0. The molecular formula is C22H33N3O3. The molecule has 1 aromatic carbocycles. The first-order valence-electron chi connectivity index (χ1n) is 10.4. The molecule has 2 heterocycles. The molecule has 2 fully saturated rings. The zero-order chi connectivity index (χ0) is 19.9. The summed E-state index contributed by atoms with van der Waals surface area (Å²) in [4.78, 5) is 30.0. The van der Waals surface area contributed by atoms with Crippen LogP contribution >= 0.6 is 0 Å². The Bertz CT molecular complexity index is 645. The molecule has 2 aliphatic heterocycles. The van der Waals surface area contributed by atoms with Gasteiger partial charge in [-0.1, -0.05) is 29.8 Å². The second-order valence-corrected chi connectivity index (χ2v) is 8.08. The third kappa shape index (κ3) is 5.71. The molecule has 0 spiro atoms. The molecule has 154 valence electrons. The summed E-state index contributed by atoms with van der Waals surface area (Å²) in [7, 11) is 1.41. The number of piperazine rings is 1. The topological polar surface area (TPSA) is 53.1 Å². The number of carbonyl (C=O) groups is 2. The number of benzene rings is 1. The number of piperidine rings is 1. The minimum absolute atomic E-state index is 0.225. The Kier molecular flexibility index (Phi) is 7.31. The smallest absolute Gasteiger partial charge is 0.409 e. The molecule has 3 rings (SSSR count). The minimum Gasteiger partial charge on any atom is -0.453 e. The van der Waals surface area contributed by atoms with Crippen molar-refractivity contribution in [3.8, 4) is 0 Å². The van der Waals surface area contributed by atoms with E-state index in [9.17, 15) is 9.59 Å². The van der Waals surface area contributed by atoms with Gasteiger partial charge >= 0.3 is 6.09 Å². The number of aryl methyl sites for hydroxylation is 2. The van der Waals surface area contributed by atoms with E-state index in [4.69, 9.17) is 4.74 Å². The number of rotatable bonds is 5. The Morgan fingerprint density at radius 3 is 2.21 bits per heavy atom. The van der Waals surface area contributed by atoms with Crippen molar-refractivity contribution >= 4 is 12.0 Å². The van der Waals surface area contributed by atoms with E-state index in [-0.39, 0.29) is 12.0 Å². The first-order valence-corrected chi connectivity index (χ1v) is 10.4. The zero-order valence-corrected chi connectivity index (χ0v) is 17.2. The van der Waals surface area contributed by atoms with E-state index in [0.717, 1.165) is 45.4 Å². The van der Waals surface area contributed by atoms with E-state index in [1.165, 1.54) is 24.7 Å². The lowest BCUT2D eigenvalue weighted by Gasteiger charge is -2.36. The van der Waals surface area contributed by atoms with E-state index in [1.807, 2.05) is 4.90 Å². The molecule has 2 saturated heterocycles. The van der Waals surface area contributed by atoms with Gasteiger partial charge in [-0.05, 0) is 44.1 Å². The van der Waals surface area contributed by atoms with Crippen LogP contribution in [-0.4, -0.2) is 79.6 Å². The van der Waals surface area contributed by atoms with Crippen molar-refractivity contribution in [2.45, 2.75) is 32.6 Å². The van der Waals surface area contributed by atoms with E-state index in [0.29, 0.717) is 25.6 Å². The number of hydrogen-bond acceptors (Lipinski definition) is 4. The summed E-state index contributed by atoms with van der Waals surface area (Å²) in [6.07, 6.45) is 4.27. The molecule has 0 saturated carbocycles. The molecule has 0 N–H and O–H groups in total. The Morgan fingerprint density at radius 2 is 1.61 bits per heavy atom. The molecule has 28 heavy (non-hydrogen) atoms. The van der Waals surface area contributed by atoms with E-state index < -0.39 is 0 Å². The number of nitrogens with zero attached hydrogens (tertiary/aromatic N) is 3. The normalized spacial score (nSPS) is 18.9. The highest BCUT2D eigenvalue weighted by Gasteiger charge is 2.26. The predicted molar refractivity (Wildman–Crippen MR) is 109 cm³/mol. The van der Waals surface area contributed by atoms with Crippen LogP contribution in [0.15, 0.2) is 24.3 Å². The molecule has 2 amide bonds. The van der Waals surface area contributed by atoms with Crippen LogP contribution < -0.4 is 0 Å². The fourth-order valence-corrected chi connectivity index (χ4v) is 4.11. The van der Waals surface area contributed by atoms with Gasteiger partial charge in [0.15, 0.2) is 0 Å². The number of methoxy groups -OCH3 is 1. The summed E-state index contributed by atoms with van der Waals surface area (Å²) < 4.78 is 4.76. The first-order chi connectivity index (χ1) is 13.5. The molecule has 2 aliphatic rings. The van der Waals surface area contributed by atoms with Gasteiger partial charge in [0.1, 0.15) is 0 Å². The monoisotopic (exact) mass is 387 g/mol. The van der Waals surface area contributed by atoms with Gasteiger partial charge < -0.3 is 14.5 Å². The number of likely N-dealkylation sites (tertiary alicyclic amines) is 1. The summed E-state index contributed by atoms with van der Waals surface area (Å²) in [6.45, 7) is 7.04. The zero-order valence-electron chi connectivity index (χ0n) is 17.2. The second-order valence-electron chi connectivity index (χ2n) is 8.08. The molecular weight excluding hydrogens is 354 g/mol. The Labute approximate surface area is 168 Å². The maximum Gasteiger partial charge on any atom is 0.409 e. The molecule has 0 aliphatic carbocycles. The van der Waals surface area contributed by atoms with Gasteiger partial charge in [-0.25, -0.2) is 4.79 Å². The molecule has 0 bridgehead atoms. The lowest BCUT2D eigenvalue weighted by Crippen LogP contribution is -2.52. The highest BCUT2D eigenvalue weighted by Crippen LogP contribution is 2.23. The highest BCUT2D eigenvalue weighted by atomic mass is 16.5. The molecule has 6 heteroatoms. The van der Waals surface area contributed by atoms with Crippen molar-refractivity contribution in [3.63, 3.8) is 0 Å². The predicted octanol–water partition coefficient (Wildman–Crippen LogP) is 2.55. The van der Waals surface area contributed by atoms with Crippen LogP contribution in [0.3, 0.4) is 0 Å². The molecule has 6 nitrogen and oxygen atoms in total. The molecule has 0 unspecified atom stereocenters. The third-order valence-corrected chi connectivity index (χ3v) is 6.09. The van der Waals surface area contributed by atoms with Gasteiger partial charge in [-0.15, -0.1) is 0 Å². The number of carbonyl (C=O) groups excluding carboxylic acids is 2. The van der Waals surface area contributed by atoms with E-state index >= 15 is 0 Å². The Morgan fingerprint density at radius 1 is 0.964 bits per heavy atom. The average Bonchev–Trinajstić information content (AvgIpc) is 2.73.